The second-order valence-corrected chi connectivity index (χ2v) is 5.30. The van der Waals surface area contributed by atoms with Crippen molar-refractivity contribution in [2.24, 2.45) is 0 Å². The van der Waals surface area contributed by atoms with Crippen LogP contribution in [0.1, 0.15) is 15.9 Å². The number of hydrogen-bond acceptors (Lipinski definition) is 2. The van der Waals surface area contributed by atoms with E-state index in [4.69, 9.17) is 11.6 Å². The van der Waals surface area contributed by atoms with Crippen LogP contribution in [0.2, 0.25) is 5.02 Å². The second kappa shape index (κ2) is 5.73. The zero-order valence-corrected chi connectivity index (χ0v) is 12.5. The molecule has 22 heavy (non-hydrogen) atoms. The first-order valence-corrected chi connectivity index (χ1v) is 7.05. The molecule has 3 nitrogen and oxygen atoms in total. The molecular formula is C17H12ClFN2O. The molecule has 1 aromatic heterocycles. The largest absolute Gasteiger partial charge is 0.321 e. The summed E-state index contributed by atoms with van der Waals surface area (Å²) in [7, 11) is 0. The Morgan fingerprint density at radius 3 is 2.59 bits per heavy atom. The number of hydrogen-bond donors (Lipinski definition) is 1. The quantitative estimate of drug-likeness (QED) is 0.751. The van der Waals surface area contributed by atoms with Gasteiger partial charge in [-0.25, -0.2) is 4.39 Å². The highest BCUT2D eigenvalue weighted by Gasteiger charge is 2.11. The summed E-state index contributed by atoms with van der Waals surface area (Å²) in [6.45, 7) is 1.88. The SMILES string of the molecule is Cc1c(Cl)ccc2c(NC(=O)c3ccc(F)cc3)ccnc12. The van der Waals surface area contributed by atoms with Crippen LogP contribution in [0.5, 0.6) is 0 Å². The Hall–Kier alpha value is -2.46. The van der Waals surface area contributed by atoms with Crippen LogP contribution in [0.4, 0.5) is 10.1 Å². The number of carbonyl (C=O) groups excluding carboxylic acids is 1. The summed E-state index contributed by atoms with van der Waals surface area (Å²) in [4.78, 5) is 16.5. The highest BCUT2D eigenvalue weighted by Crippen LogP contribution is 2.28. The Labute approximate surface area is 131 Å². The molecule has 2 aromatic carbocycles. The van der Waals surface area contributed by atoms with Gasteiger partial charge in [0.2, 0.25) is 0 Å². The number of fused-ring (bicyclic) bond motifs is 1. The molecule has 0 radical (unpaired) electrons. The fourth-order valence-electron chi connectivity index (χ4n) is 2.24. The van der Waals surface area contributed by atoms with Crippen molar-refractivity contribution in [1.82, 2.24) is 4.98 Å². The van der Waals surface area contributed by atoms with Gasteiger partial charge in [-0.15, -0.1) is 0 Å². The maximum atomic E-state index is 12.9. The van der Waals surface area contributed by atoms with Crippen LogP contribution in [0.3, 0.4) is 0 Å². The number of anilines is 1. The molecule has 0 atom stereocenters. The van der Waals surface area contributed by atoms with E-state index in [9.17, 15) is 9.18 Å². The van der Waals surface area contributed by atoms with Crippen LogP contribution in [-0.2, 0) is 0 Å². The van der Waals surface area contributed by atoms with E-state index in [1.807, 2.05) is 13.0 Å². The van der Waals surface area contributed by atoms with E-state index in [0.717, 1.165) is 16.5 Å². The van der Waals surface area contributed by atoms with Gasteiger partial charge in [-0.3, -0.25) is 9.78 Å². The maximum absolute atomic E-state index is 12.9. The molecular weight excluding hydrogens is 303 g/mol. The third-order valence-electron chi connectivity index (χ3n) is 3.45. The topological polar surface area (TPSA) is 42.0 Å². The molecule has 3 rings (SSSR count). The first-order valence-electron chi connectivity index (χ1n) is 6.67. The molecule has 1 amide bonds. The highest BCUT2D eigenvalue weighted by atomic mass is 35.5. The minimum Gasteiger partial charge on any atom is -0.321 e. The Morgan fingerprint density at radius 1 is 1.14 bits per heavy atom. The van der Waals surface area contributed by atoms with Gasteiger partial charge in [-0.2, -0.15) is 0 Å². The number of nitrogens with one attached hydrogen (secondary N) is 1. The molecule has 1 heterocycles. The lowest BCUT2D eigenvalue weighted by Crippen LogP contribution is -2.12. The molecule has 3 aromatic rings. The zero-order chi connectivity index (χ0) is 15.7. The van der Waals surface area contributed by atoms with Gasteiger partial charge in [-0.1, -0.05) is 11.6 Å². The molecule has 0 bridgehead atoms. The monoisotopic (exact) mass is 314 g/mol. The maximum Gasteiger partial charge on any atom is 0.255 e. The molecule has 0 saturated carbocycles. The van der Waals surface area contributed by atoms with Crippen molar-refractivity contribution >= 4 is 34.1 Å². The van der Waals surface area contributed by atoms with Crippen molar-refractivity contribution in [1.29, 1.82) is 0 Å². The number of amides is 1. The lowest BCUT2D eigenvalue weighted by molar-refractivity contribution is 0.102. The lowest BCUT2D eigenvalue weighted by Gasteiger charge is -2.10. The van der Waals surface area contributed by atoms with Gasteiger partial charge in [-0.05, 0) is 55.0 Å². The second-order valence-electron chi connectivity index (χ2n) is 4.89. The molecule has 1 N–H and O–H groups in total. The van der Waals surface area contributed by atoms with Crippen molar-refractivity contribution in [3.05, 3.63) is 70.6 Å². The van der Waals surface area contributed by atoms with Crippen LogP contribution in [0, 0.1) is 12.7 Å². The molecule has 110 valence electrons. The number of pyridine rings is 1. The number of carbonyl (C=O) groups is 1. The predicted molar refractivity (Wildman–Crippen MR) is 85.8 cm³/mol. The van der Waals surface area contributed by atoms with Crippen LogP contribution in [-0.4, -0.2) is 10.9 Å². The summed E-state index contributed by atoms with van der Waals surface area (Å²) in [5.41, 5.74) is 2.62. The van der Waals surface area contributed by atoms with E-state index in [1.165, 1.54) is 24.3 Å². The fourth-order valence-corrected chi connectivity index (χ4v) is 2.39. The molecule has 0 spiro atoms. The van der Waals surface area contributed by atoms with Crippen LogP contribution >= 0.6 is 11.6 Å². The Kier molecular flexibility index (Phi) is 3.77. The van der Waals surface area contributed by atoms with E-state index in [-0.39, 0.29) is 11.7 Å². The molecule has 0 aliphatic heterocycles. The summed E-state index contributed by atoms with van der Waals surface area (Å²) in [5, 5.41) is 4.26. The molecule has 0 saturated heterocycles. The average Bonchev–Trinajstić information content (AvgIpc) is 2.52. The first-order chi connectivity index (χ1) is 10.6. The number of aryl methyl sites for hydroxylation is 1. The van der Waals surface area contributed by atoms with Crippen LogP contribution < -0.4 is 5.32 Å². The highest BCUT2D eigenvalue weighted by molar-refractivity contribution is 6.32. The van der Waals surface area contributed by atoms with Gasteiger partial charge in [0, 0.05) is 22.2 Å². The minimum atomic E-state index is -0.379. The van der Waals surface area contributed by atoms with Crippen molar-refractivity contribution in [3.8, 4) is 0 Å². The van der Waals surface area contributed by atoms with Crippen molar-refractivity contribution in [2.45, 2.75) is 6.92 Å². The van der Waals surface area contributed by atoms with Crippen molar-refractivity contribution in [3.63, 3.8) is 0 Å². The standard InChI is InChI=1S/C17H12ClFN2O/c1-10-14(18)7-6-13-15(8-9-20-16(10)13)21-17(22)11-2-4-12(19)5-3-11/h2-9H,1H3,(H,20,21,22). The van der Waals surface area contributed by atoms with E-state index in [1.54, 1.807) is 18.3 Å². The minimum absolute atomic E-state index is 0.305. The van der Waals surface area contributed by atoms with Gasteiger partial charge in [0.1, 0.15) is 5.82 Å². The number of benzene rings is 2. The van der Waals surface area contributed by atoms with E-state index < -0.39 is 0 Å². The smallest absolute Gasteiger partial charge is 0.255 e. The number of halogens is 2. The number of aromatic nitrogens is 1. The third-order valence-corrected chi connectivity index (χ3v) is 3.86. The van der Waals surface area contributed by atoms with E-state index in [2.05, 4.69) is 10.3 Å². The molecule has 0 aliphatic carbocycles. The molecule has 5 heteroatoms. The molecule has 0 aliphatic rings. The number of rotatable bonds is 2. The zero-order valence-electron chi connectivity index (χ0n) is 11.7. The summed E-state index contributed by atoms with van der Waals surface area (Å²) in [6, 6.07) is 10.7. The van der Waals surface area contributed by atoms with Crippen LogP contribution in [0.15, 0.2) is 48.7 Å². The Balaban J connectivity index is 1.99. The van der Waals surface area contributed by atoms with Crippen LogP contribution in [0.25, 0.3) is 10.9 Å². The van der Waals surface area contributed by atoms with E-state index >= 15 is 0 Å². The molecule has 0 fully saturated rings. The third kappa shape index (κ3) is 2.65. The average molecular weight is 315 g/mol. The van der Waals surface area contributed by atoms with Gasteiger partial charge < -0.3 is 5.32 Å². The van der Waals surface area contributed by atoms with Gasteiger partial charge in [0.15, 0.2) is 0 Å². The fraction of sp³-hybridized carbons (Fsp3) is 0.0588. The summed E-state index contributed by atoms with van der Waals surface area (Å²) in [6.07, 6.45) is 1.62. The molecule has 0 unspecified atom stereocenters. The van der Waals surface area contributed by atoms with Gasteiger partial charge in [0.25, 0.3) is 5.91 Å². The first kappa shape index (κ1) is 14.5. The summed E-state index contributed by atoms with van der Waals surface area (Å²) >= 11 is 6.09. The Morgan fingerprint density at radius 2 is 1.86 bits per heavy atom. The lowest BCUT2D eigenvalue weighted by atomic mass is 10.1. The normalized spacial score (nSPS) is 10.7. The summed E-state index contributed by atoms with van der Waals surface area (Å²) in [5.74, 6) is -0.684. The van der Waals surface area contributed by atoms with Crippen molar-refractivity contribution < 1.29 is 9.18 Å². The van der Waals surface area contributed by atoms with E-state index in [0.29, 0.717) is 16.3 Å². The number of nitrogens with zero attached hydrogens (tertiary/aromatic N) is 1. The van der Waals surface area contributed by atoms with Gasteiger partial charge >= 0.3 is 0 Å². The van der Waals surface area contributed by atoms with Gasteiger partial charge in [0.05, 0.1) is 11.2 Å². The summed E-state index contributed by atoms with van der Waals surface area (Å²) < 4.78 is 12.9. The Bertz CT molecular complexity index is 862. The predicted octanol–water partition coefficient (Wildman–Crippen LogP) is 4.59. The van der Waals surface area contributed by atoms with Crippen molar-refractivity contribution in [2.75, 3.05) is 5.32 Å².